The molecule has 1 aliphatic heterocycles. The summed E-state index contributed by atoms with van der Waals surface area (Å²) in [4.78, 5) is 0. The molecule has 0 aromatic rings. The highest BCUT2D eigenvalue weighted by molar-refractivity contribution is 4.58. The molecule has 1 heterocycles. The van der Waals surface area contributed by atoms with Crippen LogP contribution in [-0.2, 0) is 9.47 Å². The van der Waals surface area contributed by atoms with E-state index in [-0.39, 0.29) is 6.23 Å². The predicted octanol–water partition coefficient (Wildman–Crippen LogP) is -0.421. The Hall–Kier alpha value is -0.120. The summed E-state index contributed by atoms with van der Waals surface area (Å²) in [6, 6.07) is 0. The van der Waals surface area contributed by atoms with Crippen molar-refractivity contribution < 1.29 is 9.47 Å². The van der Waals surface area contributed by atoms with Crippen molar-refractivity contribution in [3.05, 3.63) is 0 Å². The van der Waals surface area contributed by atoms with Crippen molar-refractivity contribution in [2.75, 3.05) is 26.9 Å². The van der Waals surface area contributed by atoms with Crippen molar-refractivity contribution in [3.63, 3.8) is 0 Å². The molecular weight excluding hydrogens is 106 g/mol. The number of hydrogen-bond acceptors (Lipinski definition) is 3. The third kappa shape index (κ3) is 1.43. The van der Waals surface area contributed by atoms with E-state index in [4.69, 9.17) is 9.47 Å². The minimum Gasteiger partial charge on any atom is -0.376 e. The molecule has 3 heteroatoms. The molecule has 0 radical (unpaired) electrons. The molecule has 1 atom stereocenters. The van der Waals surface area contributed by atoms with Crippen LogP contribution in [0.25, 0.3) is 0 Å². The van der Waals surface area contributed by atoms with Gasteiger partial charge >= 0.3 is 0 Å². The summed E-state index contributed by atoms with van der Waals surface area (Å²) in [5, 5.41) is 3.12. The third-order valence-electron chi connectivity index (χ3n) is 1.17. The second kappa shape index (κ2) is 3.02. The van der Waals surface area contributed by atoms with Gasteiger partial charge in [-0.3, -0.25) is 5.32 Å². The fourth-order valence-corrected chi connectivity index (χ4v) is 0.693. The lowest BCUT2D eigenvalue weighted by Gasteiger charge is -2.21. The monoisotopic (exact) mass is 117 g/mol. The molecule has 0 aromatic carbocycles. The molecule has 0 unspecified atom stereocenters. The Labute approximate surface area is 49.0 Å². The van der Waals surface area contributed by atoms with Gasteiger partial charge in [0.05, 0.1) is 13.2 Å². The number of hydrogen-bond donors (Lipinski definition) is 1. The van der Waals surface area contributed by atoms with Gasteiger partial charge in [-0.15, -0.1) is 0 Å². The molecule has 1 saturated heterocycles. The van der Waals surface area contributed by atoms with Crippen LogP contribution in [0.15, 0.2) is 0 Å². The lowest BCUT2D eigenvalue weighted by atomic mass is 10.5. The third-order valence-corrected chi connectivity index (χ3v) is 1.17. The molecule has 1 N–H and O–H groups in total. The fourth-order valence-electron chi connectivity index (χ4n) is 0.693. The SMILES string of the molecule is CO[C@@H]1COCCN1. The van der Waals surface area contributed by atoms with Crippen molar-refractivity contribution in [1.82, 2.24) is 5.32 Å². The standard InChI is InChI=1S/C5H11NO2/c1-7-5-4-8-3-2-6-5/h5-6H,2-4H2,1H3/t5-/m1/s1. The quantitative estimate of drug-likeness (QED) is 0.506. The predicted molar refractivity (Wildman–Crippen MR) is 29.6 cm³/mol. The Kier molecular flexibility index (Phi) is 2.27. The van der Waals surface area contributed by atoms with E-state index in [0.29, 0.717) is 6.61 Å². The molecule has 3 nitrogen and oxygen atoms in total. The number of nitrogens with one attached hydrogen (secondary N) is 1. The van der Waals surface area contributed by atoms with Gasteiger partial charge in [-0.2, -0.15) is 0 Å². The Morgan fingerprint density at radius 2 is 2.62 bits per heavy atom. The van der Waals surface area contributed by atoms with Crippen molar-refractivity contribution in [2.45, 2.75) is 6.23 Å². The Balaban J connectivity index is 2.13. The summed E-state index contributed by atoms with van der Waals surface area (Å²) in [6.07, 6.45) is 0.115. The van der Waals surface area contributed by atoms with Gasteiger partial charge in [0.25, 0.3) is 0 Å². The van der Waals surface area contributed by atoms with Crippen LogP contribution in [0.5, 0.6) is 0 Å². The largest absolute Gasteiger partial charge is 0.376 e. The summed E-state index contributed by atoms with van der Waals surface area (Å²) in [6.45, 7) is 2.38. The van der Waals surface area contributed by atoms with Gasteiger partial charge in [0.1, 0.15) is 6.23 Å². The van der Waals surface area contributed by atoms with E-state index in [2.05, 4.69) is 5.32 Å². The first-order valence-corrected chi connectivity index (χ1v) is 2.77. The highest BCUT2D eigenvalue weighted by Crippen LogP contribution is 1.91. The molecule has 8 heavy (non-hydrogen) atoms. The maximum absolute atomic E-state index is 5.09. The molecule has 48 valence electrons. The number of rotatable bonds is 1. The lowest BCUT2D eigenvalue weighted by molar-refractivity contribution is -0.0403. The van der Waals surface area contributed by atoms with Gasteiger partial charge in [0.15, 0.2) is 0 Å². The zero-order valence-electron chi connectivity index (χ0n) is 5.02. The molecule has 0 saturated carbocycles. The first-order valence-electron chi connectivity index (χ1n) is 2.77. The van der Waals surface area contributed by atoms with Crippen LogP contribution in [0.1, 0.15) is 0 Å². The van der Waals surface area contributed by atoms with Crippen LogP contribution in [0.2, 0.25) is 0 Å². The maximum Gasteiger partial charge on any atom is 0.131 e. The molecule has 0 aromatic heterocycles. The summed E-state index contributed by atoms with van der Waals surface area (Å²) >= 11 is 0. The molecular formula is C5H11NO2. The van der Waals surface area contributed by atoms with Gasteiger partial charge in [0.2, 0.25) is 0 Å². The molecule has 1 rings (SSSR count). The normalized spacial score (nSPS) is 30.4. The Morgan fingerprint density at radius 3 is 3.00 bits per heavy atom. The van der Waals surface area contributed by atoms with Gasteiger partial charge < -0.3 is 9.47 Å². The smallest absolute Gasteiger partial charge is 0.131 e. The topological polar surface area (TPSA) is 30.5 Å². The highest BCUT2D eigenvalue weighted by Gasteiger charge is 2.09. The van der Waals surface area contributed by atoms with Crippen LogP contribution in [0, 0.1) is 0 Å². The minimum atomic E-state index is 0.115. The zero-order valence-corrected chi connectivity index (χ0v) is 5.02. The van der Waals surface area contributed by atoms with Gasteiger partial charge in [-0.1, -0.05) is 0 Å². The molecule has 1 aliphatic rings. The van der Waals surface area contributed by atoms with Crippen LogP contribution >= 0.6 is 0 Å². The summed E-state index contributed by atoms with van der Waals surface area (Å²) in [7, 11) is 1.67. The zero-order chi connectivity index (χ0) is 5.82. The maximum atomic E-state index is 5.09. The Morgan fingerprint density at radius 1 is 1.75 bits per heavy atom. The van der Waals surface area contributed by atoms with E-state index in [1.54, 1.807) is 7.11 Å². The minimum absolute atomic E-state index is 0.115. The van der Waals surface area contributed by atoms with Crippen molar-refractivity contribution in [3.8, 4) is 0 Å². The van der Waals surface area contributed by atoms with E-state index in [1.165, 1.54) is 0 Å². The number of methoxy groups -OCH3 is 1. The fraction of sp³-hybridized carbons (Fsp3) is 1.00. The van der Waals surface area contributed by atoms with Crippen LogP contribution in [0.4, 0.5) is 0 Å². The highest BCUT2D eigenvalue weighted by atomic mass is 16.5. The van der Waals surface area contributed by atoms with Gasteiger partial charge in [-0.05, 0) is 0 Å². The average molecular weight is 117 g/mol. The number of morpholine rings is 1. The lowest BCUT2D eigenvalue weighted by Crippen LogP contribution is -2.42. The van der Waals surface area contributed by atoms with Gasteiger partial charge in [0, 0.05) is 13.7 Å². The Bertz CT molecular complexity index is 61.4. The van der Waals surface area contributed by atoms with E-state index in [0.717, 1.165) is 13.2 Å². The van der Waals surface area contributed by atoms with Gasteiger partial charge in [-0.25, -0.2) is 0 Å². The first-order chi connectivity index (χ1) is 3.93. The summed E-state index contributed by atoms with van der Waals surface area (Å²) < 4.78 is 10.0. The molecule has 0 spiro atoms. The average Bonchev–Trinajstić information content (AvgIpc) is 1.90. The van der Waals surface area contributed by atoms with E-state index in [9.17, 15) is 0 Å². The summed E-state index contributed by atoms with van der Waals surface area (Å²) in [5.41, 5.74) is 0. The second-order valence-corrected chi connectivity index (χ2v) is 1.75. The van der Waals surface area contributed by atoms with Crippen molar-refractivity contribution >= 4 is 0 Å². The molecule has 0 aliphatic carbocycles. The van der Waals surface area contributed by atoms with Crippen molar-refractivity contribution in [2.24, 2.45) is 0 Å². The van der Waals surface area contributed by atoms with Crippen molar-refractivity contribution in [1.29, 1.82) is 0 Å². The molecule has 1 fully saturated rings. The van der Waals surface area contributed by atoms with E-state index < -0.39 is 0 Å². The van der Waals surface area contributed by atoms with E-state index >= 15 is 0 Å². The number of ether oxygens (including phenoxy) is 2. The van der Waals surface area contributed by atoms with Crippen LogP contribution < -0.4 is 5.32 Å². The first kappa shape index (κ1) is 6.01. The van der Waals surface area contributed by atoms with E-state index in [1.807, 2.05) is 0 Å². The molecule has 0 amide bonds. The summed E-state index contributed by atoms with van der Waals surface area (Å²) in [5.74, 6) is 0. The van der Waals surface area contributed by atoms with Crippen LogP contribution in [0.3, 0.4) is 0 Å². The second-order valence-electron chi connectivity index (χ2n) is 1.75. The molecule has 0 bridgehead atoms. The van der Waals surface area contributed by atoms with Crippen LogP contribution in [-0.4, -0.2) is 33.1 Å².